The van der Waals surface area contributed by atoms with Crippen molar-refractivity contribution in [1.29, 1.82) is 0 Å². The molecule has 7 nitrogen and oxygen atoms in total. The van der Waals surface area contributed by atoms with Crippen molar-refractivity contribution in [3.05, 3.63) is 90.0 Å². The van der Waals surface area contributed by atoms with Crippen LogP contribution in [-0.4, -0.2) is 39.5 Å². The molecule has 4 aromatic rings. The molecule has 1 N–H and O–H groups in total. The first kappa shape index (κ1) is 22.3. The summed E-state index contributed by atoms with van der Waals surface area (Å²) in [6, 6.07) is 24.4. The van der Waals surface area contributed by atoms with Gasteiger partial charge in [0.05, 0.1) is 18.4 Å². The van der Waals surface area contributed by atoms with Crippen molar-refractivity contribution in [3.8, 4) is 17.1 Å². The number of nitrogens with one attached hydrogen (secondary N) is 1. The van der Waals surface area contributed by atoms with E-state index in [2.05, 4.69) is 20.3 Å². The molecule has 33 heavy (non-hydrogen) atoms. The number of rotatable bonds is 7. The first-order valence-electron chi connectivity index (χ1n) is 10.2. The summed E-state index contributed by atoms with van der Waals surface area (Å²) >= 11 is 1.30. The summed E-state index contributed by atoms with van der Waals surface area (Å²) in [5, 5.41) is 12.2. The molecular weight excluding hydrogens is 436 g/mol. The minimum Gasteiger partial charge on any atom is -0.465 e. The number of thioether (sulfide) groups is 1. The van der Waals surface area contributed by atoms with Crippen molar-refractivity contribution in [2.75, 3.05) is 18.2 Å². The molecule has 3 aromatic carbocycles. The molecular formula is C25H22N4O3S. The topological polar surface area (TPSA) is 86.1 Å². The molecule has 1 aromatic heterocycles. The average Bonchev–Trinajstić information content (AvgIpc) is 3.28. The van der Waals surface area contributed by atoms with E-state index in [1.165, 1.54) is 18.9 Å². The standard InChI is InChI=1S/C25H22N4O3S/c1-17-8-14-21(15-9-17)29-23(18-6-4-3-5-7-18)27-28-25(29)33-16-22(30)26-20-12-10-19(11-13-20)24(31)32-2/h3-15H,16H2,1-2H3,(H,26,30). The minimum absolute atomic E-state index is 0.150. The molecule has 166 valence electrons. The predicted molar refractivity (Wildman–Crippen MR) is 129 cm³/mol. The molecule has 0 aliphatic heterocycles. The fourth-order valence-corrected chi connectivity index (χ4v) is 3.95. The summed E-state index contributed by atoms with van der Waals surface area (Å²) in [4.78, 5) is 24.1. The molecule has 0 radical (unpaired) electrons. The van der Waals surface area contributed by atoms with E-state index < -0.39 is 5.97 Å². The van der Waals surface area contributed by atoms with Crippen LogP contribution in [0.1, 0.15) is 15.9 Å². The Bertz CT molecular complexity index is 1250. The Labute approximate surface area is 195 Å². The number of aromatic nitrogens is 3. The molecule has 0 saturated heterocycles. The normalized spacial score (nSPS) is 10.6. The van der Waals surface area contributed by atoms with Crippen LogP contribution < -0.4 is 5.32 Å². The fourth-order valence-electron chi connectivity index (χ4n) is 3.20. The number of ether oxygens (including phenoxy) is 1. The molecule has 1 amide bonds. The van der Waals surface area contributed by atoms with Crippen LogP contribution in [-0.2, 0) is 9.53 Å². The summed E-state index contributed by atoms with van der Waals surface area (Å²) in [5.41, 5.74) is 4.03. The minimum atomic E-state index is -0.423. The maximum atomic E-state index is 12.5. The second-order valence-corrected chi connectivity index (χ2v) is 8.19. The zero-order valence-corrected chi connectivity index (χ0v) is 19.0. The van der Waals surface area contributed by atoms with Crippen molar-refractivity contribution in [3.63, 3.8) is 0 Å². The highest BCUT2D eigenvalue weighted by Crippen LogP contribution is 2.28. The Kier molecular flexibility index (Phi) is 6.85. The Morgan fingerprint density at radius 1 is 0.939 bits per heavy atom. The van der Waals surface area contributed by atoms with Crippen molar-refractivity contribution < 1.29 is 14.3 Å². The number of aryl methyl sites for hydroxylation is 1. The number of amides is 1. The van der Waals surface area contributed by atoms with E-state index in [4.69, 9.17) is 0 Å². The van der Waals surface area contributed by atoms with Gasteiger partial charge in [-0.15, -0.1) is 10.2 Å². The van der Waals surface area contributed by atoms with Crippen molar-refractivity contribution in [1.82, 2.24) is 14.8 Å². The molecule has 0 atom stereocenters. The number of carbonyl (C=O) groups is 2. The lowest BCUT2D eigenvalue weighted by Gasteiger charge is -2.11. The summed E-state index contributed by atoms with van der Waals surface area (Å²) in [6.45, 7) is 2.03. The van der Waals surface area contributed by atoms with Crippen molar-refractivity contribution >= 4 is 29.3 Å². The number of nitrogens with zero attached hydrogens (tertiary/aromatic N) is 3. The van der Waals surface area contributed by atoms with E-state index in [0.717, 1.165) is 16.8 Å². The van der Waals surface area contributed by atoms with Crippen LogP contribution in [0, 0.1) is 6.92 Å². The van der Waals surface area contributed by atoms with Gasteiger partial charge in [-0.05, 0) is 43.3 Å². The predicted octanol–water partition coefficient (Wildman–Crippen LogP) is 4.76. The third-order valence-electron chi connectivity index (χ3n) is 4.88. The summed E-state index contributed by atoms with van der Waals surface area (Å²) < 4.78 is 6.64. The van der Waals surface area contributed by atoms with Gasteiger partial charge in [0.15, 0.2) is 11.0 Å². The molecule has 0 fully saturated rings. The van der Waals surface area contributed by atoms with Gasteiger partial charge in [-0.25, -0.2) is 4.79 Å². The highest BCUT2D eigenvalue weighted by Gasteiger charge is 2.17. The Morgan fingerprint density at radius 3 is 2.30 bits per heavy atom. The van der Waals surface area contributed by atoms with Crippen LogP contribution in [0.2, 0.25) is 0 Å². The zero-order chi connectivity index (χ0) is 23.2. The number of esters is 1. The lowest BCUT2D eigenvalue weighted by Crippen LogP contribution is -2.14. The van der Waals surface area contributed by atoms with Gasteiger partial charge >= 0.3 is 5.97 Å². The number of hydrogen-bond acceptors (Lipinski definition) is 6. The van der Waals surface area contributed by atoms with Gasteiger partial charge in [-0.2, -0.15) is 0 Å². The molecule has 0 aliphatic rings. The fraction of sp³-hybridized carbons (Fsp3) is 0.120. The smallest absolute Gasteiger partial charge is 0.337 e. The third-order valence-corrected chi connectivity index (χ3v) is 5.81. The molecule has 0 spiro atoms. The van der Waals surface area contributed by atoms with Gasteiger partial charge in [-0.1, -0.05) is 59.8 Å². The monoisotopic (exact) mass is 458 g/mol. The van der Waals surface area contributed by atoms with E-state index in [0.29, 0.717) is 22.2 Å². The third kappa shape index (κ3) is 5.30. The van der Waals surface area contributed by atoms with Gasteiger partial charge < -0.3 is 10.1 Å². The van der Waals surface area contributed by atoms with Crippen LogP contribution in [0.4, 0.5) is 5.69 Å². The van der Waals surface area contributed by atoms with E-state index in [9.17, 15) is 9.59 Å². The Balaban J connectivity index is 1.52. The van der Waals surface area contributed by atoms with Crippen molar-refractivity contribution in [2.24, 2.45) is 0 Å². The van der Waals surface area contributed by atoms with E-state index >= 15 is 0 Å². The van der Waals surface area contributed by atoms with Gasteiger partial charge in [0.2, 0.25) is 5.91 Å². The van der Waals surface area contributed by atoms with E-state index in [-0.39, 0.29) is 11.7 Å². The zero-order valence-electron chi connectivity index (χ0n) is 18.2. The largest absolute Gasteiger partial charge is 0.465 e. The van der Waals surface area contributed by atoms with Gasteiger partial charge in [-0.3, -0.25) is 9.36 Å². The summed E-state index contributed by atoms with van der Waals surface area (Å²) in [6.07, 6.45) is 0. The number of methoxy groups -OCH3 is 1. The lowest BCUT2D eigenvalue weighted by atomic mass is 10.2. The van der Waals surface area contributed by atoms with Crippen LogP contribution >= 0.6 is 11.8 Å². The van der Waals surface area contributed by atoms with Gasteiger partial charge in [0.1, 0.15) is 0 Å². The number of anilines is 1. The van der Waals surface area contributed by atoms with Crippen LogP contribution in [0.15, 0.2) is 84.0 Å². The van der Waals surface area contributed by atoms with Crippen LogP contribution in [0.25, 0.3) is 17.1 Å². The van der Waals surface area contributed by atoms with E-state index in [1.54, 1.807) is 24.3 Å². The maximum Gasteiger partial charge on any atom is 0.337 e. The molecule has 0 aliphatic carbocycles. The second-order valence-electron chi connectivity index (χ2n) is 7.25. The molecule has 0 unspecified atom stereocenters. The molecule has 4 rings (SSSR count). The van der Waals surface area contributed by atoms with Gasteiger partial charge in [0.25, 0.3) is 0 Å². The second kappa shape index (κ2) is 10.1. The highest BCUT2D eigenvalue weighted by atomic mass is 32.2. The summed E-state index contributed by atoms with van der Waals surface area (Å²) in [7, 11) is 1.33. The van der Waals surface area contributed by atoms with Crippen molar-refractivity contribution in [2.45, 2.75) is 12.1 Å². The average molecular weight is 459 g/mol. The molecule has 8 heteroatoms. The Morgan fingerprint density at radius 2 is 1.64 bits per heavy atom. The maximum absolute atomic E-state index is 12.5. The van der Waals surface area contributed by atoms with E-state index in [1.807, 2.05) is 66.1 Å². The van der Waals surface area contributed by atoms with Crippen LogP contribution in [0.5, 0.6) is 0 Å². The number of carbonyl (C=O) groups excluding carboxylic acids is 2. The number of hydrogen-bond donors (Lipinski definition) is 1. The molecule has 0 bridgehead atoms. The quantitative estimate of drug-likeness (QED) is 0.317. The lowest BCUT2D eigenvalue weighted by molar-refractivity contribution is -0.113. The van der Waals surface area contributed by atoms with Crippen LogP contribution in [0.3, 0.4) is 0 Å². The first-order chi connectivity index (χ1) is 16.0. The SMILES string of the molecule is COC(=O)c1ccc(NC(=O)CSc2nnc(-c3ccccc3)n2-c2ccc(C)cc2)cc1. The first-order valence-corrected chi connectivity index (χ1v) is 11.2. The highest BCUT2D eigenvalue weighted by molar-refractivity contribution is 7.99. The number of benzene rings is 3. The Hall–Kier alpha value is -3.91. The molecule has 1 heterocycles. The summed E-state index contributed by atoms with van der Waals surface area (Å²) in [5.74, 6) is 0.247. The molecule has 0 saturated carbocycles. The van der Waals surface area contributed by atoms with Gasteiger partial charge in [0, 0.05) is 16.9 Å².